The van der Waals surface area contributed by atoms with Crippen LogP contribution in [0.1, 0.15) is 39.2 Å². The minimum atomic E-state index is -0.596. The van der Waals surface area contributed by atoms with Crippen molar-refractivity contribution in [2.75, 3.05) is 7.11 Å². The summed E-state index contributed by atoms with van der Waals surface area (Å²) in [5.74, 6) is 0.951. The number of hydrogen-bond acceptors (Lipinski definition) is 3. The second-order valence-electron chi connectivity index (χ2n) is 6.42. The monoisotopic (exact) mass is 280 g/mol. The first-order valence-corrected chi connectivity index (χ1v) is 7.67. The molecule has 0 amide bonds. The van der Waals surface area contributed by atoms with Crippen LogP contribution < -0.4 is 4.74 Å². The van der Waals surface area contributed by atoms with Crippen LogP contribution in [-0.2, 0) is 0 Å². The first-order chi connectivity index (χ1) is 8.75. The summed E-state index contributed by atoms with van der Waals surface area (Å²) in [6.07, 6.45) is 2.11. The maximum atomic E-state index is 10.2. The van der Waals surface area contributed by atoms with Crippen molar-refractivity contribution in [3.8, 4) is 5.75 Å². The molecule has 0 bridgehead atoms. The summed E-state index contributed by atoms with van der Waals surface area (Å²) in [5, 5.41) is 10.8. The van der Waals surface area contributed by atoms with Crippen molar-refractivity contribution in [2.24, 2.45) is 5.41 Å². The number of ether oxygens (including phenoxy) is 1. The van der Waals surface area contributed by atoms with Crippen molar-refractivity contribution in [3.63, 3.8) is 0 Å². The maximum Gasteiger partial charge on any atom is 0.132 e. The number of aryl methyl sites for hydroxylation is 1. The Balaban J connectivity index is 2.04. The molecule has 1 aliphatic carbocycles. The quantitative estimate of drug-likeness (QED) is 0.902. The van der Waals surface area contributed by atoms with Gasteiger partial charge in [0.25, 0.3) is 0 Å². The summed E-state index contributed by atoms with van der Waals surface area (Å²) in [4.78, 5) is 1.21. The molecule has 19 heavy (non-hydrogen) atoms. The van der Waals surface area contributed by atoms with Gasteiger partial charge in [-0.2, -0.15) is 0 Å². The van der Waals surface area contributed by atoms with E-state index in [-0.39, 0.29) is 5.41 Å². The average molecular weight is 280 g/mol. The molecule has 0 aromatic heterocycles. The third-order valence-corrected chi connectivity index (χ3v) is 5.69. The summed E-state index contributed by atoms with van der Waals surface area (Å²) in [7, 11) is 1.72. The van der Waals surface area contributed by atoms with Crippen LogP contribution in [0.3, 0.4) is 0 Å². The summed E-state index contributed by atoms with van der Waals surface area (Å²) in [5.41, 5.74) is 0.704. The average Bonchev–Trinajstić information content (AvgIpc) is 2.25. The molecule has 1 aromatic carbocycles. The van der Waals surface area contributed by atoms with Gasteiger partial charge in [-0.3, -0.25) is 0 Å². The molecule has 1 N–H and O–H groups in total. The highest BCUT2D eigenvalue weighted by Gasteiger charge is 2.50. The van der Waals surface area contributed by atoms with Gasteiger partial charge in [0.15, 0.2) is 0 Å². The first-order valence-electron chi connectivity index (χ1n) is 6.79. The Hall–Kier alpha value is -0.670. The number of benzene rings is 1. The van der Waals surface area contributed by atoms with Gasteiger partial charge in [-0.1, -0.05) is 13.0 Å². The number of thioether (sulfide) groups is 1. The normalized spacial score (nSPS) is 26.9. The topological polar surface area (TPSA) is 29.5 Å². The lowest BCUT2D eigenvalue weighted by atomic mass is 9.61. The fraction of sp³-hybridized carbons (Fsp3) is 0.625. The predicted molar refractivity (Wildman–Crippen MR) is 81.0 cm³/mol. The molecule has 0 radical (unpaired) electrons. The molecule has 2 rings (SSSR count). The standard InChI is InChI=1S/C16H24O2S/c1-11-6-7-13(18-5)14(8-11)19-12-9-16(4,10-12)15(2,3)17/h6-8,12,17H,9-10H2,1-5H3/t12-,16+. The van der Waals surface area contributed by atoms with Crippen molar-refractivity contribution in [2.45, 2.75) is 56.3 Å². The van der Waals surface area contributed by atoms with Gasteiger partial charge in [0.2, 0.25) is 0 Å². The Morgan fingerprint density at radius 3 is 2.53 bits per heavy atom. The fourth-order valence-electron chi connectivity index (χ4n) is 2.58. The van der Waals surface area contributed by atoms with Crippen LogP contribution in [0.2, 0.25) is 0 Å². The van der Waals surface area contributed by atoms with E-state index in [1.807, 2.05) is 31.7 Å². The second-order valence-corrected chi connectivity index (χ2v) is 7.76. The minimum absolute atomic E-state index is 0.0434. The molecule has 0 atom stereocenters. The third kappa shape index (κ3) is 2.92. The molecule has 1 fully saturated rings. The highest BCUT2D eigenvalue weighted by Crippen LogP contribution is 2.55. The van der Waals surface area contributed by atoms with Gasteiger partial charge in [-0.15, -0.1) is 11.8 Å². The zero-order valence-electron chi connectivity index (χ0n) is 12.5. The number of aliphatic hydroxyl groups is 1. The van der Waals surface area contributed by atoms with E-state index in [4.69, 9.17) is 4.74 Å². The van der Waals surface area contributed by atoms with Crippen LogP contribution in [0.5, 0.6) is 5.75 Å². The van der Waals surface area contributed by atoms with Crippen LogP contribution in [-0.4, -0.2) is 23.1 Å². The van der Waals surface area contributed by atoms with Gasteiger partial charge >= 0.3 is 0 Å². The van der Waals surface area contributed by atoms with Crippen molar-refractivity contribution < 1.29 is 9.84 Å². The van der Waals surface area contributed by atoms with Crippen LogP contribution in [0, 0.1) is 12.3 Å². The molecule has 1 aromatic rings. The van der Waals surface area contributed by atoms with Crippen molar-refractivity contribution in [1.29, 1.82) is 0 Å². The highest BCUT2D eigenvalue weighted by atomic mass is 32.2. The zero-order chi connectivity index (χ0) is 14.3. The van der Waals surface area contributed by atoms with Crippen molar-refractivity contribution in [3.05, 3.63) is 23.8 Å². The predicted octanol–water partition coefficient (Wildman–Crippen LogP) is 4.04. The van der Waals surface area contributed by atoms with E-state index >= 15 is 0 Å². The van der Waals surface area contributed by atoms with Gasteiger partial charge in [0.1, 0.15) is 5.75 Å². The molecule has 3 heteroatoms. The number of rotatable bonds is 4. The van der Waals surface area contributed by atoms with E-state index in [1.165, 1.54) is 10.5 Å². The highest BCUT2D eigenvalue weighted by molar-refractivity contribution is 8.00. The first kappa shape index (κ1) is 14.7. The Morgan fingerprint density at radius 2 is 2.00 bits per heavy atom. The van der Waals surface area contributed by atoms with Crippen LogP contribution in [0.4, 0.5) is 0 Å². The molecule has 0 saturated heterocycles. The Labute approximate surface area is 120 Å². The number of methoxy groups -OCH3 is 1. The SMILES string of the molecule is COc1ccc(C)cc1S[C@H]1C[C@@](C)(C(C)(C)O)C1. The summed E-state index contributed by atoms with van der Waals surface area (Å²) >= 11 is 1.88. The van der Waals surface area contributed by atoms with E-state index in [0.29, 0.717) is 5.25 Å². The van der Waals surface area contributed by atoms with E-state index in [0.717, 1.165) is 18.6 Å². The molecule has 1 saturated carbocycles. The van der Waals surface area contributed by atoms with Crippen molar-refractivity contribution in [1.82, 2.24) is 0 Å². The fourth-order valence-corrected chi connectivity index (χ4v) is 4.37. The Morgan fingerprint density at radius 1 is 1.37 bits per heavy atom. The van der Waals surface area contributed by atoms with Crippen LogP contribution in [0.25, 0.3) is 0 Å². The van der Waals surface area contributed by atoms with Gasteiger partial charge in [0.05, 0.1) is 12.7 Å². The van der Waals surface area contributed by atoms with E-state index in [9.17, 15) is 5.11 Å². The van der Waals surface area contributed by atoms with Gasteiger partial charge in [0, 0.05) is 10.1 Å². The molecule has 0 aliphatic heterocycles. The van der Waals surface area contributed by atoms with Crippen LogP contribution >= 0.6 is 11.8 Å². The van der Waals surface area contributed by atoms with E-state index in [2.05, 4.69) is 26.0 Å². The molecule has 2 nitrogen and oxygen atoms in total. The third-order valence-electron chi connectivity index (χ3n) is 4.45. The zero-order valence-corrected chi connectivity index (χ0v) is 13.3. The number of hydrogen-bond donors (Lipinski definition) is 1. The largest absolute Gasteiger partial charge is 0.496 e. The molecule has 0 spiro atoms. The second kappa shape index (κ2) is 5.02. The van der Waals surface area contributed by atoms with Crippen molar-refractivity contribution >= 4 is 11.8 Å². The minimum Gasteiger partial charge on any atom is -0.496 e. The Kier molecular flexibility index (Phi) is 3.90. The lowest BCUT2D eigenvalue weighted by Crippen LogP contribution is -2.51. The Bertz CT molecular complexity index is 456. The molecule has 106 valence electrons. The molecule has 0 unspecified atom stereocenters. The molecular weight excluding hydrogens is 256 g/mol. The molecular formula is C16H24O2S. The molecule has 1 aliphatic rings. The summed E-state index contributed by atoms with van der Waals surface area (Å²) in [6.45, 7) is 8.12. The lowest BCUT2D eigenvalue weighted by molar-refractivity contribution is -0.0870. The van der Waals surface area contributed by atoms with Gasteiger partial charge in [-0.05, 0) is 56.7 Å². The van der Waals surface area contributed by atoms with Gasteiger partial charge < -0.3 is 9.84 Å². The van der Waals surface area contributed by atoms with E-state index in [1.54, 1.807) is 7.11 Å². The maximum absolute atomic E-state index is 10.2. The van der Waals surface area contributed by atoms with Crippen LogP contribution in [0.15, 0.2) is 23.1 Å². The molecule has 0 heterocycles. The van der Waals surface area contributed by atoms with Gasteiger partial charge in [-0.25, -0.2) is 0 Å². The summed E-state index contributed by atoms with van der Waals surface area (Å²) < 4.78 is 5.42. The lowest BCUT2D eigenvalue weighted by Gasteiger charge is -2.52. The van der Waals surface area contributed by atoms with E-state index < -0.39 is 5.60 Å². The smallest absolute Gasteiger partial charge is 0.132 e. The summed E-state index contributed by atoms with van der Waals surface area (Å²) in [6, 6.07) is 6.29.